The number of aliphatic hydroxyl groups excluding tert-OH is 1. The number of aromatic nitrogens is 2. The Labute approximate surface area is 47.4 Å². The van der Waals surface area contributed by atoms with Crippen LogP contribution in [-0.2, 0) is 6.61 Å². The molecule has 0 aromatic carbocycles. The van der Waals surface area contributed by atoms with Gasteiger partial charge in [-0.25, -0.2) is 4.98 Å². The second-order valence-corrected chi connectivity index (χ2v) is 1.65. The van der Waals surface area contributed by atoms with E-state index in [4.69, 9.17) is 5.11 Å². The molecule has 1 rings (SSSR count). The minimum atomic E-state index is 0.0425. The Morgan fingerprint density at radius 3 is 2.88 bits per heavy atom. The molecular formula is C5H8N2O. The molecule has 44 valence electrons. The predicted molar refractivity (Wildman–Crippen MR) is 29.2 cm³/mol. The maximum atomic E-state index is 8.48. The lowest BCUT2D eigenvalue weighted by Crippen LogP contribution is -1.80. The Hall–Kier alpha value is -0.830. The summed E-state index contributed by atoms with van der Waals surface area (Å²) < 4.78 is 0. The van der Waals surface area contributed by atoms with Crippen LogP contribution in [0, 0.1) is 6.92 Å². The minimum absolute atomic E-state index is 0.0425. The highest BCUT2D eigenvalue weighted by Crippen LogP contribution is 1.92. The van der Waals surface area contributed by atoms with Crippen molar-refractivity contribution in [3.8, 4) is 0 Å². The first-order valence-electron chi connectivity index (χ1n) is 2.44. The zero-order chi connectivity index (χ0) is 5.98. The molecule has 0 saturated carbocycles. The lowest BCUT2D eigenvalue weighted by molar-refractivity contribution is 0.277. The van der Waals surface area contributed by atoms with E-state index < -0.39 is 0 Å². The van der Waals surface area contributed by atoms with E-state index in [2.05, 4.69) is 9.97 Å². The van der Waals surface area contributed by atoms with Gasteiger partial charge in [-0.05, 0) is 6.92 Å². The van der Waals surface area contributed by atoms with Gasteiger partial charge in [0.1, 0.15) is 5.82 Å². The highest BCUT2D eigenvalue weighted by molar-refractivity contribution is 4.97. The van der Waals surface area contributed by atoms with Crippen LogP contribution >= 0.6 is 0 Å². The molecule has 1 heterocycles. The monoisotopic (exact) mass is 112 g/mol. The van der Waals surface area contributed by atoms with Crippen molar-refractivity contribution in [2.75, 3.05) is 0 Å². The summed E-state index contributed by atoms with van der Waals surface area (Å²) in [4.78, 5) is 6.74. The third kappa shape index (κ3) is 0.869. The van der Waals surface area contributed by atoms with Crippen molar-refractivity contribution < 1.29 is 5.11 Å². The topological polar surface area (TPSA) is 48.9 Å². The normalized spacial score (nSPS) is 9.75. The van der Waals surface area contributed by atoms with Crippen molar-refractivity contribution in [2.45, 2.75) is 13.5 Å². The molecule has 0 bridgehead atoms. The van der Waals surface area contributed by atoms with Crippen molar-refractivity contribution in [2.24, 2.45) is 0 Å². The van der Waals surface area contributed by atoms with Crippen LogP contribution in [-0.4, -0.2) is 15.1 Å². The number of hydrogen-bond donors (Lipinski definition) is 2. The average molecular weight is 112 g/mol. The van der Waals surface area contributed by atoms with E-state index in [0.29, 0.717) is 0 Å². The number of hydrogen-bond acceptors (Lipinski definition) is 2. The molecule has 0 atom stereocenters. The number of aliphatic hydroxyl groups is 1. The molecule has 1 aromatic rings. The van der Waals surface area contributed by atoms with Gasteiger partial charge in [0, 0.05) is 0 Å². The van der Waals surface area contributed by atoms with E-state index in [0.717, 1.165) is 11.5 Å². The molecule has 0 spiro atoms. The van der Waals surface area contributed by atoms with E-state index in [9.17, 15) is 0 Å². The van der Waals surface area contributed by atoms with E-state index in [1.807, 2.05) is 6.92 Å². The summed E-state index contributed by atoms with van der Waals surface area (Å²) >= 11 is 0. The summed E-state index contributed by atoms with van der Waals surface area (Å²) in [7, 11) is 0. The first kappa shape index (κ1) is 5.31. The first-order valence-corrected chi connectivity index (χ1v) is 2.44. The second-order valence-electron chi connectivity index (χ2n) is 1.65. The van der Waals surface area contributed by atoms with Crippen LogP contribution < -0.4 is 0 Å². The largest absolute Gasteiger partial charge is 0.390 e. The van der Waals surface area contributed by atoms with Crippen LogP contribution in [0.1, 0.15) is 11.5 Å². The van der Waals surface area contributed by atoms with Crippen LogP contribution in [0.4, 0.5) is 0 Å². The number of nitrogens with zero attached hydrogens (tertiary/aromatic N) is 1. The molecule has 0 aliphatic carbocycles. The van der Waals surface area contributed by atoms with Crippen molar-refractivity contribution in [3.63, 3.8) is 0 Å². The smallest absolute Gasteiger partial charge is 0.103 e. The summed E-state index contributed by atoms with van der Waals surface area (Å²) in [5, 5.41) is 8.48. The molecule has 3 nitrogen and oxygen atoms in total. The van der Waals surface area contributed by atoms with Crippen molar-refractivity contribution in [1.82, 2.24) is 9.97 Å². The fourth-order valence-electron chi connectivity index (χ4n) is 0.552. The van der Waals surface area contributed by atoms with Gasteiger partial charge < -0.3 is 10.1 Å². The van der Waals surface area contributed by atoms with Gasteiger partial charge >= 0.3 is 0 Å². The molecular weight excluding hydrogens is 104 g/mol. The lowest BCUT2D eigenvalue weighted by Gasteiger charge is -1.81. The average Bonchev–Trinajstić information content (AvgIpc) is 2.14. The molecule has 0 saturated heterocycles. The summed E-state index contributed by atoms with van der Waals surface area (Å²) in [6.45, 7) is 1.89. The highest BCUT2D eigenvalue weighted by Gasteiger charge is 1.90. The predicted octanol–water partition coefficient (Wildman–Crippen LogP) is 0.210. The van der Waals surface area contributed by atoms with E-state index in [1.54, 1.807) is 6.20 Å². The quantitative estimate of drug-likeness (QED) is 0.545. The van der Waals surface area contributed by atoms with Gasteiger partial charge in [0.15, 0.2) is 0 Å². The highest BCUT2D eigenvalue weighted by atomic mass is 16.3. The fourth-order valence-corrected chi connectivity index (χ4v) is 0.552. The second kappa shape index (κ2) is 1.96. The minimum Gasteiger partial charge on any atom is -0.390 e. The molecule has 3 heteroatoms. The molecule has 0 radical (unpaired) electrons. The van der Waals surface area contributed by atoms with E-state index >= 15 is 0 Å². The number of aryl methyl sites for hydroxylation is 1. The zero-order valence-electron chi connectivity index (χ0n) is 4.68. The maximum absolute atomic E-state index is 8.48. The summed E-state index contributed by atoms with van der Waals surface area (Å²) in [5.41, 5.74) is 0.766. The van der Waals surface area contributed by atoms with Gasteiger partial charge in [-0.1, -0.05) is 0 Å². The van der Waals surface area contributed by atoms with Crippen LogP contribution in [0.25, 0.3) is 0 Å². The molecule has 0 fully saturated rings. The number of aromatic amines is 1. The van der Waals surface area contributed by atoms with E-state index in [1.165, 1.54) is 0 Å². The maximum Gasteiger partial charge on any atom is 0.103 e. The van der Waals surface area contributed by atoms with Crippen molar-refractivity contribution >= 4 is 0 Å². The van der Waals surface area contributed by atoms with Crippen molar-refractivity contribution in [3.05, 3.63) is 17.7 Å². The zero-order valence-corrected chi connectivity index (χ0v) is 4.68. The fraction of sp³-hybridized carbons (Fsp3) is 0.400. The molecule has 0 aliphatic heterocycles. The van der Waals surface area contributed by atoms with Gasteiger partial charge in [-0.2, -0.15) is 0 Å². The molecule has 8 heavy (non-hydrogen) atoms. The number of nitrogens with one attached hydrogen (secondary N) is 1. The number of rotatable bonds is 1. The van der Waals surface area contributed by atoms with Crippen LogP contribution in [0.3, 0.4) is 0 Å². The SMILES string of the molecule is Cc1ncc(CO)[nH]1. The Balaban J connectivity index is 2.84. The third-order valence-corrected chi connectivity index (χ3v) is 0.926. The number of imidazole rings is 1. The van der Waals surface area contributed by atoms with Gasteiger partial charge in [-0.15, -0.1) is 0 Å². The van der Waals surface area contributed by atoms with E-state index in [-0.39, 0.29) is 6.61 Å². The van der Waals surface area contributed by atoms with Crippen LogP contribution in [0.5, 0.6) is 0 Å². The van der Waals surface area contributed by atoms with Gasteiger partial charge in [0.25, 0.3) is 0 Å². The molecule has 0 aliphatic rings. The summed E-state index contributed by atoms with van der Waals surface area (Å²) in [6, 6.07) is 0. The van der Waals surface area contributed by atoms with Gasteiger partial charge in [0.2, 0.25) is 0 Å². The van der Waals surface area contributed by atoms with Gasteiger partial charge in [-0.3, -0.25) is 0 Å². The Morgan fingerprint density at radius 2 is 2.62 bits per heavy atom. The van der Waals surface area contributed by atoms with Gasteiger partial charge in [0.05, 0.1) is 18.5 Å². The molecule has 1 aromatic heterocycles. The standard InChI is InChI=1S/C5H8N2O/c1-4-6-2-5(3-8)7-4/h2,8H,3H2,1H3,(H,6,7). The molecule has 0 unspecified atom stereocenters. The van der Waals surface area contributed by atoms with Crippen molar-refractivity contribution in [1.29, 1.82) is 0 Å². The summed E-state index contributed by atoms with van der Waals surface area (Å²) in [6.07, 6.45) is 1.62. The summed E-state index contributed by atoms with van der Waals surface area (Å²) in [5.74, 6) is 0.842. The van der Waals surface area contributed by atoms with Crippen LogP contribution in [0.15, 0.2) is 6.20 Å². The Bertz CT molecular complexity index is 171. The van der Waals surface area contributed by atoms with Crippen LogP contribution in [0.2, 0.25) is 0 Å². The molecule has 0 amide bonds. The molecule has 2 N–H and O–H groups in total. The first-order chi connectivity index (χ1) is 3.83. The Morgan fingerprint density at radius 1 is 1.88 bits per heavy atom. The lowest BCUT2D eigenvalue weighted by atomic mass is 10.5. The Kier molecular flexibility index (Phi) is 1.30. The third-order valence-electron chi connectivity index (χ3n) is 0.926. The number of H-pyrrole nitrogens is 1.